The van der Waals surface area contributed by atoms with Gasteiger partial charge in [0.25, 0.3) is 5.91 Å². The molecule has 1 heterocycles. The maximum atomic E-state index is 12.7. The number of halogens is 2. The first kappa shape index (κ1) is 26.2. The fourth-order valence-corrected chi connectivity index (χ4v) is 5.27. The van der Waals surface area contributed by atoms with Crippen molar-refractivity contribution in [1.82, 2.24) is 20.1 Å². The van der Waals surface area contributed by atoms with E-state index < -0.39 is 0 Å². The topological polar surface area (TPSA) is 109 Å². The first-order chi connectivity index (χ1) is 17.4. The lowest BCUT2D eigenvalue weighted by Gasteiger charge is -2.13. The number of rotatable bonds is 9. The Kier molecular flexibility index (Phi) is 8.63. The fraction of sp³-hybridized carbons (Fsp3) is 0.200. The molecule has 0 bridgehead atoms. The van der Waals surface area contributed by atoms with E-state index in [2.05, 4.69) is 61.9 Å². The average Bonchev–Trinajstić information content (AvgIpc) is 3.26. The predicted molar refractivity (Wildman–Crippen MR) is 146 cm³/mol. The SMILES string of the molecule is CCc1ccc(-n2c(Br)nnc2SCC(=O)Nc2ccc(C(=O)NCCO)cc2Cl)c2ccccc12. The molecule has 0 fully saturated rings. The maximum Gasteiger partial charge on any atom is 0.251 e. The van der Waals surface area contributed by atoms with Crippen molar-refractivity contribution in [3.8, 4) is 5.69 Å². The molecular formula is C25H23BrClN5O3S. The van der Waals surface area contributed by atoms with Crippen molar-refractivity contribution in [2.24, 2.45) is 0 Å². The quantitative estimate of drug-likeness (QED) is 0.241. The Morgan fingerprint density at radius 2 is 1.89 bits per heavy atom. The zero-order chi connectivity index (χ0) is 25.7. The van der Waals surface area contributed by atoms with Gasteiger partial charge in [-0.2, -0.15) is 0 Å². The van der Waals surface area contributed by atoms with Gasteiger partial charge in [-0.1, -0.05) is 60.6 Å². The van der Waals surface area contributed by atoms with Crippen molar-refractivity contribution in [1.29, 1.82) is 0 Å². The third-order valence-electron chi connectivity index (χ3n) is 5.44. The average molecular weight is 589 g/mol. The first-order valence-corrected chi connectivity index (χ1v) is 13.3. The molecule has 4 aromatic rings. The maximum absolute atomic E-state index is 12.7. The van der Waals surface area contributed by atoms with Gasteiger partial charge in [-0.05, 0) is 57.6 Å². The number of aromatic nitrogens is 3. The second-order valence-corrected chi connectivity index (χ2v) is 9.80. The standard InChI is InChI=1S/C25H23BrClN5O3S/c1-2-15-8-10-21(18-6-4-3-5-17(15)18)32-24(26)30-31-25(32)36-14-22(34)29-20-9-7-16(13-19(20)27)23(35)28-11-12-33/h3-10,13,33H,2,11-12,14H2,1H3,(H,28,35)(H,29,34). The molecule has 1 aromatic heterocycles. The molecule has 8 nitrogen and oxygen atoms in total. The van der Waals surface area contributed by atoms with Crippen molar-refractivity contribution in [3.05, 3.63) is 75.5 Å². The number of carbonyl (C=O) groups is 2. The molecule has 2 amide bonds. The molecule has 0 spiro atoms. The Hall–Kier alpha value is -2.92. The van der Waals surface area contributed by atoms with E-state index in [1.54, 1.807) is 12.1 Å². The highest BCUT2D eigenvalue weighted by atomic mass is 79.9. The molecule has 0 unspecified atom stereocenters. The number of anilines is 1. The van der Waals surface area contributed by atoms with Crippen molar-refractivity contribution in [2.75, 3.05) is 24.2 Å². The Balaban J connectivity index is 1.49. The zero-order valence-corrected chi connectivity index (χ0v) is 22.5. The van der Waals surface area contributed by atoms with Crippen molar-refractivity contribution < 1.29 is 14.7 Å². The highest BCUT2D eigenvalue weighted by Gasteiger charge is 2.18. The van der Waals surface area contributed by atoms with E-state index in [4.69, 9.17) is 16.7 Å². The van der Waals surface area contributed by atoms with Gasteiger partial charge in [0.05, 0.1) is 28.8 Å². The smallest absolute Gasteiger partial charge is 0.251 e. The molecular weight excluding hydrogens is 566 g/mol. The normalized spacial score (nSPS) is 11.0. The number of aliphatic hydroxyl groups is 1. The number of nitrogens with zero attached hydrogens (tertiary/aromatic N) is 3. The highest BCUT2D eigenvalue weighted by Crippen LogP contribution is 2.32. The molecule has 0 saturated heterocycles. The lowest BCUT2D eigenvalue weighted by Crippen LogP contribution is -2.26. The molecule has 186 valence electrons. The summed E-state index contributed by atoms with van der Waals surface area (Å²) in [5.41, 5.74) is 2.89. The molecule has 0 aliphatic heterocycles. The monoisotopic (exact) mass is 587 g/mol. The van der Waals surface area contributed by atoms with Gasteiger partial charge in [0.1, 0.15) is 0 Å². The fourth-order valence-electron chi connectivity index (χ4n) is 3.74. The number of fused-ring (bicyclic) bond motifs is 1. The van der Waals surface area contributed by atoms with E-state index in [9.17, 15) is 9.59 Å². The molecule has 0 aliphatic rings. The summed E-state index contributed by atoms with van der Waals surface area (Å²) in [7, 11) is 0. The van der Waals surface area contributed by atoms with Gasteiger partial charge in [0.2, 0.25) is 10.6 Å². The summed E-state index contributed by atoms with van der Waals surface area (Å²) in [6.07, 6.45) is 0.919. The third-order valence-corrected chi connectivity index (χ3v) is 7.20. The number of carbonyl (C=O) groups excluding carboxylic acids is 2. The van der Waals surface area contributed by atoms with Crippen LogP contribution in [-0.2, 0) is 11.2 Å². The summed E-state index contributed by atoms with van der Waals surface area (Å²) in [4.78, 5) is 24.7. The number of benzene rings is 3. The van der Waals surface area contributed by atoms with Crippen LogP contribution in [0.3, 0.4) is 0 Å². The molecule has 36 heavy (non-hydrogen) atoms. The Bertz CT molecular complexity index is 1430. The van der Waals surface area contributed by atoms with Crippen LogP contribution in [0, 0.1) is 0 Å². The van der Waals surface area contributed by atoms with Crippen LogP contribution in [0.1, 0.15) is 22.8 Å². The van der Waals surface area contributed by atoms with Gasteiger partial charge in [-0.15, -0.1) is 10.2 Å². The van der Waals surface area contributed by atoms with Crippen LogP contribution in [0.4, 0.5) is 5.69 Å². The van der Waals surface area contributed by atoms with Gasteiger partial charge >= 0.3 is 0 Å². The van der Waals surface area contributed by atoms with E-state index in [0.29, 0.717) is 21.1 Å². The minimum Gasteiger partial charge on any atom is -0.395 e. The van der Waals surface area contributed by atoms with Crippen LogP contribution in [0.25, 0.3) is 16.5 Å². The van der Waals surface area contributed by atoms with E-state index in [-0.39, 0.29) is 35.7 Å². The molecule has 3 N–H and O–H groups in total. The molecule has 4 rings (SSSR count). The molecule has 11 heteroatoms. The van der Waals surface area contributed by atoms with E-state index in [1.165, 1.54) is 23.4 Å². The highest BCUT2D eigenvalue weighted by molar-refractivity contribution is 9.10. The van der Waals surface area contributed by atoms with Gasteiger partial charge in [0.15, 0.2) is 5.16 Å². The van der Waals surface area contributed by atoms with Gasteiger partial charge < -0.3 is 15.7 Å². The van der Waals surface area contributed by atoms with Crippen LogP contribution >= 0.6 is 39.3 Å². The minimum absolute atomic E-state index is 0.0746. The number of nitrogens with one attached hydrogen (secondary N) is 2. The van der Waals surface area contributed by atoms with Crippen molar-refractivity contribution in [2.45, 2.75) is 18.5 Å². The molecule has 3 aromatic carbocycles. The number of thioether (sulfide) groups is 1. The van der Waals surface area contributed by atoms with Gasteiger partial charge in [-0.3, -0.25) is 14.2 Å². The van der Waals surface area contributed by atoms with E-state index in [0.717, 1.165) is 22.9 Å². The van der Waals surface area contributed by atoms with Crippen LogP contribution < -0.4 is 10.6 Å². The lowest BCUT2D eigenvalue weighted by molar-refractivity contribution is -0.113. The molecule has 0 atom stereocenters. The van der Waals surface area contributed by atoms with E-state index in [1.807, 2.05) is 22.8 Å². The number of hydrogen-bond acceptors (Lipinski definition) is 6. The Morgan fingerprint density at radius 1 is 1.11 bits per heavy atom. The second kappa shape index (κ2) is 11.9. The number of hydrogen-bond donors (Lipinski definition) is 3. The number of aryl methyl sites for hydroxylation is 1. The van der Waals surface area contributed by atoms with Gasteiger partial charge in [-0.25, -0.2) is 0 Å². The number of amides is 2. The minimum atomic E-state index is -0.358. The second-order valence-electron chi connectivity index (χ2n) is 7.74. The van der Waals surface area contributed by atoms with Crippen molar-refractivity contribution >= 4 is 67.6 Å². The van der Waals surface area contributed by atoms with Crippen LogP contribution in [0.2, 0.25) is 5.02 Å². The molecule has 0 saturated carbocycles. The van der Waals surface area contributed by atoms with Gasteiger partial charge in [0, 0.05) is 17.5 Å². The van der Waals surface area contributed by atoms with Crippen LogP contribution in [0.15, 0.2) is 64.5 Å². The molecule has 0 aliphatic carbocycles. The lowest BCUT2D eigenvalue weighted by atomic mass is 10.0. The Morgan fingerprint density at radius 3 is 2.61 bits per heavy atom. The van der Waals surface area contributed by atoms with Crippen molar-refractivity contribution in [3.63, 3.8) is 0 Å². The summed E-state index contributed by atoms with van der Waals surface area (Å²) in [5, 5.41) is 25.6. The summed E-state index contributed by atoms with van der Waals surface area (Å²) in [6.45, 7) is 2.11. The van der Waals surface area contributed by atoms with Crippen LogP contribution in [0.5, 0.6) is 0 Å². The van der Waals surface area contributed by atoms with Crippen LogP contribution in [-0.4, -0.2) is 50.6 Å². The first-order valence-electron chi connectivity index (χ1n) is 11.2. The summed E-state index contributed by atoms with van der Waals surface area (Å²) < 4.78 is 2.42. The van der Waals surface area contributed by atoms with E-state index >= 15 is 0 Å². The summed E-state index contributed by atoms with van der Waals surface area (Å²) in [5.74, 6) is -0.564. The Labute approximate surface area is 225 Å². The third kappa shape index (κ3) is 5.73. The molecule has 0 radical (unpaired) electrons. The predicted octanol–water partition coefficient (Wildman–Crippen LogP) is 4.85. The number of aliphatic hydroxyl groups excluding tert-OH is 1. The zero-order valence-electron chi connectivity index (χ0n) is 19.3. The summed E-state index contributed by atoms with van der Waals surface area (Å²) in [6, 6.07) is 16.9. The largest absolute Gasteiger partial charge is 0.395 e. The summed E-state index contributed by atoms with van der Waals surface area (Å²) >= 11 is 11.0.